The Labute approximate surface area is 87.7 Å². The first-order chi connectivity index (χ1) is 7.25. The minimum absolute atomic E-state index is 0.178. The Hall–Kier alpha value is -1.38. The molecule has 1 heterocycles. The summed E-state index contributed by atoms with van der Waals surface area (Å²) in [6.07, 6.45) is 3.03. The van der Waals surface area contributed by atoms with Gasteiger partial charge < -0.3 is 4.90 Å². The first-order valence-electron chi connectivity index (χ1n) is 5.34. The summed E-state index contributed by atoms with van der Waals surface area (Å²) in [6, 6.07) is 6.62. The molecule has 1 aliphatic carbocycles. The van der Waals surface area contributed by atoms with Crippen LogP contribution in [0.3, 0.4) is 0 Å². The first kappa shape index (κ1) is 8.89. The van der Waals surface area contributed by atoms with Gasteiger partial charge in [-0.25, -0.2) is 4.39 Å². The number of carbonyl (C=O) groups excluding carboxylic acids is 1. The molecule has 1 aromatic rings. The van der Waals surface area contributed by atoms with Crippen LogP contribution in [-0.2, 0) is 4.79 Å². The van der Waals surface area contributed by atoms with Crippen LogP contribution in [0.15, 0.2) is 24.3 Å². The Morgan fingerprint density at radius 3 is 2.87 bits per heavy atom. The van der Waals surface area contributed by atoms with E-state index in [9.17, 15) is 9.18 Å². The molecule has 1 aliphatic heterocycles. The molecule has 78 valence electrons. The largest absolute Gasteiger partial charge is 0.309 e. The zero-order valence-corrected chi connectivity index (χ0v) is 8.32. The van der Waals surface area contributed by atoms with Crippen LogP contribution in [0.2, 0.25) is 0 Å². The Kier molecular flexibility index (Phi) is 1.81. The summed E-state index contributed by atoms with van der Waals surface area (Å²) in [7, 11) is 0. The van der Waals surface area contributed by atoms with Crippen molar-refractivity contribution in [1.29, 1.82) is 0 Å². The molecule has 2 unspecified atom stereocenters. The molecule has 0 aromatic heterocycles. The van der Waals surface area contributed by atoms with E-state index in [0.29, 0.717) is 11.7 Å². The second-order valence-electron chi connectivity index (χ2n) is 4.35. The molecule has 1 amide bonds. The Morgan fingerprint density at radius 1 is 1.33 bits per heavy atom. The van der Waals surface area contributed by atoms with Gasteiger partial charge in [0.15, 0.2) is 0 Å². The van der Waals surface area contributed by atoms with Crippen LogP contribution in [0.1, 0.15) is 19.3 Å². The van der Waals surface area contributed by atoms with Gasteiger partial charge in [-0.1, -0.05) is 6.07 Å². The highest BCUT2D eigenvalue weighted by atomic mass is 19.1. The van der Waals surface area contributed by atoms with Crippen LogP contribution in [0.25, 0.3) is 0 Å². The van der Waals surface area contributed by atoms with Crippen molar-refractivity contribution in [3.05, 3.63) is 30.1 Å². The molecule has 2 bridgehead atoms. The monoisotopic (exact) mass is 205 g/mol. The summed E-state index contributed by atoms with van der Waals surface area (Å²) >= 11 is 0. The first-order valence-corrected chi connectivity index (χ1v) is 5.34. The molecule has 1 aromatic carbocycles. The van der Waals surface area contributed by atoms with Crippen LogP contribution in [0, 0.1) is 11.7 Å². The molecule has 1 saturated heterocycles. The molecule has 0 N–H and O–H groups in total. The zero-order valence-electron chi connectivity index (χ0n) is 8.32. The maximum atomic E-state index is 13.1. The molecule has 2 atom stereocenters. The van der Waals surface area contributed by atoms with E-state index in [0.717, 1.165) is 19.3 Å². The molecule has 2 fully saturated rings. The SMILES string of the molecule is O=C1C2CCC(C2)N1c1cccc(F)c1. The van der Waals surface area contributed by atoms with Gasteiger partial charge in [-0.05, 0) is 37.5 Å². The zero-order chi connectivity index (χ0) is 10.4. The van der Waals surface area contributed by atoms with Gasteiger partial charge in [0.1, 0.15) is 5.82 Å². The fourth-order valence-corrected chi connectivity index (χ4v) is 2.76. The Bertz CT molecular complexity index is 418. The smallest absolute Gasteiger partial charge is 0.230 e. The summed E-state index contributed by atoms with van der Waals surface area (Å²) in [5.74, 6) is 0.0955. The topological polar surface area (TPSA) is 20.3 Å². The van der Waals surface area contributed by atoms with Gasteiger partial charge in [0.25, 0.3) is 0 Å². The summed E-state index contributed by atoms with van der Waals surface area (Å²) < 4.78 is 13.1. The molecule has 15 heavy (non-hydrogen) atoms. The van der Waals surface area contributed by atoms with Crippen LogP contribution < -0.4 is 4.90 Å². The predicted molar refractivity (Wildman–Crippen MR) is 55.0 cm³/mol. The van der Waals surface area contributed by atoms with Crippen molar-refractivity contribution < 1.29 is 9.18 Å². The number of nitrogens with zero attached hydrogens (tertiary/aromatic N) is 1. The second-order valence-corrected chi connectivity index (χ2v) is 4.35. The number of anilines is 1. The van der Waals surface area contributed by atoms with Gasteiger partial charge in [-0.2, -0.15) is 0 Å². The molecule has 0 spiro atoms. The van der Waals surface area contributed by atoms with E-state index in [1.165, 1.54) is 12.1 Å². The Morgan fingerprint density at radius 2 is 2.20 bits per heavy atom. The van der Waals surface area contributed by atoms with E-state index >= 15 is 0 Å². The maximum absolute atomic E-state index is 13.1. The molecular weight excluding hydrogens is 193 g/mol. The molecule has 3 heteroatoms. The van der Waals surface area contributed by atoms with E-state index in [4.69, 9.17) is 0 Å². The van der Waals surface area contributed by atoms with Crippen molar-refractivity contribution in [2.24, 2.45) is 5.92 Å². The summed E-state index contributed by atoms with van der Waals surface area (Å²) in [5.41, 5.74) is 0.715. The number of hydrogen-bond acceptors (Lipinski definition) is 1. The van der Waals surface area contributed by atoms with Gasteiger partial charge in [0.2, 0.25) is 5.91 Å². The number of rotatable bonds is 1. The van der Waals surface area contributed by atoms with Crippen molar-refractivity contribution >= 4 is 11.6 Å². The molecule has 1 saturated carbocycles. The Balaban J connectivity index is 1.98. The number of carbonyl (C=O) groups is 1. The fourth-order valence-electron chi connectivity index (χ4n) is 2.76. The molecule has 2 nitrogen and oxygen atoms in total. The van der Waals surface area contributed by atoms with E-state index < -0.39 is 0 Å². The van der Waals surface area contributed by atoms with Crippen LogP contribution in [0.4, 0.5) is 10.1 Å². The maximum Gasteiger partial charge on any atom is 0.230 e. The quantitative estimate of drug-likeness (QED) is 0.689. The van der Waals surface area contributed by atoms with E-state index in [2.05, 4.69) is 0 Å². The standard InChI is InChI=1S/C12H12FNO/c13-9-2-1-3-10(7-9)14-11-5-4-8(6-11)12(14)15/h1-3,7-8,11H,4-6H2. The van der Waals surface area contributed by atoms with Gasteiger partial charge >= 0.3 is 0 Å². The number of fused-ring (bicyclic) bond motifs is 2. The number of halogens is 1. The van der Waals surface area contributed by atoms with Crippen LogP contribution in [-0.4, -0.2) is 11.9 Å². The highest BCUT2D eigenvalue weighted by Gasteiger charge is 2.45. The summed E-state index contributed by atoms with van der Waals surface area (Å²) in [6.45, 7) is 0. The lowest BCUT2D eigenvalue weighted by Gasteiger charge is -2.27. The number of hydrogen-bond donors (Lipinski definition) is 0. The molecule has 0 radical (unpaired) electrons. The van der Waals surface area contributed by atoms with E-state index in [1.807, 2.05) is 6.07 Å². The average molecular weight is 205 g/mol. The third-order valence-corrected chi connectivity index (χ3v) is 3.44. The normalized spacial score (nSPS) is 28.9. The van der Waals surface area contributed by atoms with E-state index in [-0.39, 0.29) is 17.6 Å². The predicted octanol–water partition coefficient (Wildman–Crippen LogP) is 2.34. The van der Waals surface area contributed by atoms with Crippen molar-refractivity contribution in [3.63, 3.8) is 0 Å². The highest BCUT2D eigenvalue weighted by Crippen LogP contribution is 2.41. The molecule has 3 rings (SSSR count). The van der Waals surface area contributed by atoms with Crippen molar-refractivity contribution in [2.45, 2.75) is 25.3 Å². The minimum atomic E-state index is -0.275. The van der Waals surface area contributed by atoms with Gasteiger partial charge in [-0.15, -0.1) is 0 Å². The van der Waals surface area contributed by atoms with Crippen molar-refractivity contribution in [3.8, 4) is 0 Å². The van der Waals surface area contributed by atoms with Gasteiger partial charge in [0.05, 0.1) is 0 Å². The van der Waals surface area contributed by atoms with Crippen LogP contribution in [0.5, 0.6) is 0 Å². The lowest BCUT2D eigenvalue weighted by atomic mass is 10.1. The lowest BCUT2D eigenvalue weighted by molar-refractivity contribution is -0.121. The van der Waals surface area contributed by atoms with Gasteiger partial charge in [0, 0.05) is 17.6 Å². The number of piperidine rings is 1. The number of benzene rings is 1. The second kappa shape index (κ2) is 3.05. The van der Waals surface area contributed by atoms with E-state index in [1.54, 1.807) is 11.0 Å². The summed E-state index contributed by atoms with van der Waals surface area (Å²) in [4.78, 5) is 13.7. The van der Waals surface area contributed by atoms with Crippen molar-refractivity contribution in [1.82, 2.24) is 0 Å². The molecule has 2 aliphatic rings. The third-order valence-electron chi connectivity index (χ3n) is 3.44. The average Bonchev–Trinajstić information content (AvgIpc) is 2.77. The fraction of sp³-hybridized carbons (Fsp3) is 0.417. The minimum Gasteiger partial charge on any atom is -0.309 e. The number of amides is 1. The summed E-state index contributed by atoms with van der Waals surface area (Å²) in [5, 5.41) is 0. The highest BCUT2D eigenvalue weighted by molar-refractivity contribution is 5.98. The van der Waals surface area contributed by atoms with Crippen LogP contribution >= 0.6 is 0 Å². The molecular formula is C12H12FNO. The van der Waals surface area contributed by atoms with Gasteiger partial charge in [-0.3, -0.25) is 4.79 Å². The van der Waals surface area contributed by atoms with Crippen molar-refractivity contribution in [2.75, 3.05) is 4.90 Å². The third kappa shape index (κ3) is 1.26. The lowest BCUT2D eigenvalue weighted by Crippen LogP contribution is -2.36.